The molecule has 1 amide bonds. The Morgan fingerprint density at radius 1 is 1.26 bits per heavy atom. The van der Waals surface area contributed by atoms with Gasteiger partial charge >= 0.3 is 12.1 Å². The molecule has 0 spiro atoms. The SMILES string of the molecule is COC(=O)c1cc(OC[C@H](C)NC(=O)OC(C)(C)C)ccc1C. The second-order valence-corrected chi connectivity index (χ2v) is 6.33. The van der Waals surface area contributed by atoms with Crippen molar-refractivity contribution in [3.63, 3.8) is 0 Å². The summed E-state index contributed by atoms with van der Waals surface area (Å²) in [6.45, 7) is 9.28. The maximum absolute atomic E-state index is 11.7. The van der Waals surface area contributed by atoms with Crippen LogP contribution in [0, 0.1) is 6.92 Å². The predicted octanol–water partition coefficient (Wildman–Crippen LogP) is 3.07. The quantitative estimate of drug-likeness (QED) is 0.843. The van der Waals surface area contributed by atoms with Crippen molar-refractivity contribution in [2.75, 3.05) is 13.7 Å². The first-order valence-corrected chi connectivity index (χ1v) is 7.43. The molecule has 0 unspecified atom stereocenters. The number of esters is 1. The Morgan fingerprint density at radius 3 is 2.48 bits per heavy atom. The lowest BCUT2D eigenvalue weighted by Gasteiger charge is -2.22. The van der Waals surface area contributed by atoms with Crippen LogP contribution in [0.25, 0.3) is 0 Å². The average molecular weight is 323 g/mol. The van der Waals surface area contributed by atoms with E-state index in [4.69, 9.17) is 14.2 Å². The van der Waals surface area contributed by atoms with Crippen LogP contribution in [-0.4, -0.2) is 37.4 Å². The van der Waals surface area contributed by atoms with Crippen LogP contribution in [0.1, 0.15) is 43.6 Å². The Bertz CT molecular complexity index is 563. The fraction of sp³-hybridized carbons (Fsp3) is 0.529. The average Bonchev–Trinajstić information content (AvgIpc) is 2.43. The van der Waals surface area contributed by atoms with Gasteiger partial charge in [0.1, 0.15) is 18.0 Å². The normalized spacial score (nSPS) is 12.3. The molecule has 0 aliphatic carbocycles. The number of rotatable bonds is 5. The molecule has 0 fully saturated rings. The maximum atomic E-state index is 11.7. The summed E-state index contributed by atoms with van der Waals surface area (Å²) in [5.41, 5.74) is 0.721. The summed E-state index contributed by atoms with van der Waals surface area (Å²) in [5, 5.41) is 2.69. The van der Waals surface area contributed by atoms with Crippen LogP contribution in [0.3, 0.4) is 0 Å². The van der Waals surface area contributed by atoms with Crippen LogP contribution in [0.15, 0.2) is 18.2 Å². The van der Waals surface area contributed by atoms with Crippen molar-refractivity contribution in [3.05, 3.63) is 29.3 Å². The number of ether oxygens (including phenoxy) is 3. The van der Waals surface area contributed by atoms with Crippen LogP contribution < -0.4 is 10.1 Å². The van der Waals surface area contributed by atoms with Gasteiger partial charge in [0.05, 0.1) is 18.7 Å². The van der Waals surface area contributed by atoms with E-state index in [1.54, 1.807) is 45.9 Å². The van der Waals surface area contributed by atoms with Crippen molar-refractivity contribution in [3.8, 4) is 5.75 Å². The molecule has 1 rings (SSSR count). The Hall–Kier alpha value is -2.24. The van der Waals surface area contributed by atoms with Gasteiger partial charge in [0.2, 0.25) is 0 Å². The molecule has 23 heavy (non-hydrogen) atoms. The molecule has 0 saturated heterocycles. The topological polar surface area (TPSA) is 73.9 Å². The molecule has 1 atom stereocenters. The van der Waals surface area contributed by atoms with Crippen molar-refractivity contribution in [1.82, 2.24) is 5.32 Å². The minimum absolute atomic E-state index is 0.243. The number of carbonyl (C=O) groups is 2. The number of alkyl carbamates (subject to hydrolysis) is 1. The third-order valence-corrected chi connectivity index (χ3v) is 2.88. The van der Waals surface area contributed by atoms with E-state index in [1.165, 1.54) is 7.11 Å². The third-order valence-electron chi connectivity index (χ3n) is 2.88. The number of carbonyl (C=O) groups excluding carboxylic acids is 2. The van der Waals surface area contributed by atoms with E-state index in [-0.39, 0.29) is 12.6 Å². The number of aryl methyl sites for hydroxylation is 1. The summed E-state index contributed by atoms with van der Waals surface area (Å²) in [7, 11) is 1.34. The van der Waals surface area contributed by atoms with E-state index in [2.05, 4.69) is 5.32 Å². The van der Waals surface area contributed by atoms with Crippen LogP contribution in [0.5, 0.6) is 5.75 Å². The van der Waals surface area contributed by atoms with E-state index in [9.17, 15) is 9.59 Å². The first-order chi connectivity index (χ1) is 10.6. The van der Waals surface area contributed by atoms with E-state index >= 15 is 0 Å². The minimum atomic E-state index is -0.545. The number of benzene rings is 1. The Kier molecular flexibility index (Phi) is 6.42. The molecule has 0 aliphatic heterocycles. The molecule has 1 aromatic rings. The van der Waals surface area contributed by atoms with Crippen LogP contribution >= 0.6 is 0 Å². The summed E-state index contributed by atoms with van der Waals surface area (Å²) in [4.78, 5) is 23.3. The monoisotopic (exact) mass is 323 g/mol. The first kappa shape index (κ1) is 18.8. The van der Waals surface area contributed by atoms with Crippen molar-refractivity contribution >= 4 is 12.1 Å². The van der Waals surface area contributed by atoms with Gasteiger partial charge < -0.3 is 19.5 Å². The van der Waals surface area contributed by atoms with Crippen LogP contribution in [0.2, 0.25) is 0 Å². The van der Waals surface area contributed by atoms with Crippen LogP contribution in [0.4, 0.5) is 4.79 Å². The zero-order chi connectivity index (χ0) is 17.6. The lowest BCUT2D eigenvalue weighted by atomic mass is 10.1. The molecule has 0 aliphatic rings. The Morgan fingerprint density at radius 2 is 1.91 bits per heavy atom. The summed E-state index contributed by atoms with van der Waals surface area (Å²) in [5.74, 6) is 0.127. The highest BCUT2D eigenvalue weighted by Crippen LogP contribution is 2.18. The predicted molar refractivity (Wildman–Crippen MR) is 86.8 cm³/mol. The van der Waals surface area contributed by atoms with Gasteiger partial charge in [0.25, 0.3) is 0 Å². The van der Waals surface area contributed by atoms with Gasteiger partial charge in [-0.2, -0.15) is 0 Å². The standard InChI is InChI=1S/C17H25NO5/c1-11-7-8-13(9-14(11)15(19)21-6)22-10-12(2)18-16(20)23-17(3,4)5/h7-9,12H,10H2,1-6H3,(H,18,20)/t12-/m0/s1. The second-order valence-electron chi connectivity index (χ2n) is 6.33. The highest BCUT2D eigenvalue weighted by molar-refractivity contribution is 5.91. The molecule has 0 aromatic heterocycles. The van der Waals surface area contributed by atoms with Crippen molar-refractivity contribution in [2.24, 2.45) is 0 Å². The molecular formula is C17H25NO5. The number of methoxy groups -OCH3 is 1. The number of amides is 1. The zero-order valence-electron chi connectivity index (χ0n) is 14.6. The van der Waals surface area contributed by atoms with Gasteiger partial charge in [-0.15, -0.1) is 0 Å². The summed E-state index contributed by atoms with van der Waals surface area (Å²) in [6.07, 6.45) is -0.493. The van der Waals surface area contributed by atoms with Crippen molar-refractivity contribution < 1.29 is 23.8 Å². The summed E-state index contributed by atoms with van der Waals surface area (Å²) in [6, 6.07) is 4.93. The number of nitrogens with one attached hydrogen (secondary N) is 1. The van der Waals surface area contributed by atoms with Gasteiger partial charge in [-0.25, -0.2) is 9.59 Å². The number of hydrogen-bond donors (Lipinski definition) is 1. The second kappa shape index (κ2) is 7.85. The molecule has 0 heterocycles. The van der Waals surface area contributed by atoms with Gasteiger partial charge in [0.15, 0.2) is 0 Å². The maximum Gasteiger partial charge on any atom is 0.407 e. The van der Waals surface area contributed by atoms with Crippen LogP contribution in [-0.2, 0) is 9.47 Å². The van der Waals surface area contributed by atoms with Gasteiger partial charge in [-0.1, -0.05) is 6.07 Å². The summed E-state index contributed by atoms with van der Waals surface area (Å²) < 4.78 is 15.5. The molecule has 0 radical (unpaired) electrons. The van der Waals surface area contributed by atoms with Crippen molar-refractivity contribution in [1.29, 1.82) is 0 Å². The van der Waals surface area contributed by atoms with Crippen molar-refractivity contribution in [2.45, 2.75) is 46.3 Å². The molecule has 0 saturated carbocycles. The molecule has 6 nitrogen and oxygen atoms in total. The fourth-order valence-electron chi connectivity index (χ4n) is 1.79. The largest absolute Gasteiger partial charge is 0.491 e. The summed E-state index contributed by atoms with van der Waals surface area (Å²) >= 11 is 0. The van der Waals surface area contributed by atoms with Gasteiger partial charge in [-0.05, 0) is 52.3 Å². The lowest BCUT2D eigenvalue weighted by Crippen LogP contribution is -2.40. The molecule has 1 N–H and O–H groups in total. The highest BCUT2D eigenvalue weighted by Gasteiger charge is 2.18. The Labute approximate surface area is 137 Å². The zero-order valence-corrected chi connectivity index (χ0v) is 14.6. The highest BCUT2D eigenvalue weighted by atomic mass is 16.6. The third kappa shape index (κ3) is 6.59. The molecule has 6 heteroatoms. The van der Waals surface area contributed by atoms with E-state index < -0.39 is 17.7 Å². The Balaban J connectivity index is 2.58. The molecule has 1 aromatic carbocycles. The van der Waals surface area contributed by atoms with E-state index in [0.29, 0.717) is 11.3 Å². The van der Waals surface area contributed by atoms with Gasteiger partial charge in [0, 0.05) is 0 Å². The van der Waals surface area contributed by atoms with E-state index in [1.807, 2.05) is 6.92 Å². The number of hydrogen-bond acceptors (Lipinski definition) is 5. The first-order valence-electron chi connectivity index (χ1n) is 7.43. The lowest BCUT2D eigenvalue weighted by molar-refractivity contribution is 0.0493. The molecular weight excluding hydrogens is 298 g/mol. The van der Waals surface area contributed by atoms with Gasteiger partial charge in [-0.3, -0.25) is 0 Å². The minimum Gasteiger partial charge on any atom is -0.491 e. The van der Waals surface area contributed by atoms with E-state index in [0.717, 1.165) is 5.56 Å². The molecule has 0 bridgehead atoms. The smallest absolute Gasteiger partial charge is 0.407 e. The fourth-order valence-corrected chi connectivity index (χ4v) is 1.79. The molecule has 128 valence electrons.